The Kier molecular flexibility index (Phi) is 5.78. The van der Waals surface area contributed by atoms with E-state index in [-0.39, 0.29) is 23.8 Å². The summed E-state index contributed by atoms with van der Waals surface area (Å²) in [6.07, 6.45) is 0. The zero-order chi connectivity index (χ0) is 20.3. The Morgan fingerprint density at radius 1 is 1.04 bits per heavy atom. The maximum absolute atomic E-state index is 12.7. The third-order valence-electron chi connectivity index (χ3n) is 4.65. The fourth-order valence-corrected chi connectivity index (χ4v) is 3.23. The van der Waals surface area contributed by atoms with Crippen molar-refractivity contribution in [3.63, 3.8) is 0 Å². The maximum Gasteiger partial charge on any atom is 0.322 e. The highest BCUT2D eigenvalue weighted by Gasteiger charge is 2.35. The molecule has 146 valence electrons. The fourth-order valence-electron chi connectivity index (χ4n) is 3.23. The minimum Gasteiger partial charge on any atom is -0.320 e. The molecule has 1 aliphatic rings. The summed E-state index contributed by atoms with van der Waals surface area (Å²) in [4.78, 5) is 40.6. The number of amides is 4. The van der Waals surface area contributed by atoms with Gasteiger partial charge in [0.25, 0.3) is 11.8 Å². The second-order valence-electron chi connectivity index (χ2n) is 7.31. The molecular weight excluding hydrogens is 354 g/mol. The molecule has 1 heterocycles. The van der Waals surface area contributed by atoms with E-state index in [2.05, 4.69) is 5.32 Å². The van der Waals surface area contributed by atoms with Crippen LogP contribution in [0, 0.1) is 5.92 Å². The standard InChI is InChI=1S/C22H25N3O3/c1-4-24(14-16-8-6-5-7-9-16)22(28)23-17-10-11-18-19(12-17)21(27)25(20(18)26)13-15(2)3/h5-12,15H,4,13-14H2,1-3H3,(H,23,28). The van der Waals surface area contributed by atoms with Crippen LogP contribution in [0.5, 0.6) is 0 Å². The van der Waals surface area contributed by atoms with Crippen LogP contribution in [0.25, 0.3) is 0 Å². The lowest BCUT2D eigenvalue weighted by Crippen LogP contribution is -2.34. The van der Waals surface area contributed by atoms with Crippen molar-refractivity contribution >= 4 is 23.5 Å². The minimum atomic E-state index is -0.304. The second-order valence-corrected chi connectivity index (χ2v) is 7.31. The summed E-state index contributed by atoms with van der Waals surface area (Å²) >= 11 is 0. The predicted octanol–water partition coefficient (Wildman–Crippen LogP) is 3.99. The number of carbonyl (C=O) groups is 3. The third kappa shape index (κ3) is 4.06. The number of rotatable bonds is 6. The summed E-state index contributed by atoms with van der Waals surface area (Å²) < 4.78 is 0. The summed E-state index contributed by atoms with van der Waals surface area (Å²) in [5, 5.41) is 2.84. The van der Waals surface area contributed by atoms with Gasteiger partial charge in [-0.2, -0.15) is 0 Å². The van der Waals surface area contributed by atoms with E-state index in [0.717, 1.165) is 5.56 Å². The van der Waals surface area contributed by atoms with Crippen molar-refractivity contribution in [1.82, 2.24) is 9.80 Å². The lowest BCUT2D eigenvalue weighted by Gasteiger charge is -2.21. The van der Waals surface area contributed by atoms with Crippen molar-refractivity contribution in [2.24, 2.45) is 5.92 Å². The number of benzene rings is 2. The van der Waals surface area contributed by atoms with Crippen molar-refractivity contribution in [2.75, 3.05) is 18.4 Å². The number of fused-ring (bicyclic) bond motifs is 1. The SMILES string of the molecule is CCN(Cc1ccccc1)C(=O)Nc1ccc2c(c1)C(=O)N(CC(C)C)C2=O. The van der Waals surface area contributed by atoms with Gasteiger partial charge in [0, 0.05) is 25.3 Å². The highest BCUT2D eigenvalue weighted by molar-refractivity contribution is 6.21. The van der Waals surface area contributed by atoms with Gasteiger partial charge in [0.2, 0.25) is 0 Å². The number of urea groups is 1. The molecule has 0 saturated heterocycles. The molecular formula is C22H25N3O3. The van der Waals surface area contributed by atoms with E-state index >= 15 is 0 Å². The molecule has 0 bridgehead atoms. The minimum absolute atomic E-state index is 0.192. The number of hydrogen-bond acceptors (Lipinski definition) is 3. The Bertz CT molecular complexity index is 893. The van der Waals surface area contributed by atoms with Gasteiger partial charge in [-0.15, -0.1) is 0 Å². The van der Waals surface area contributed by atoms with Gasteiger partial charge < -0.3 is 10.2 Å². The van der Waals surface area contributed by atoms with E-state index in [1.165, 1.54) is 4.90 Å². The molecule has 4 amide bonds. The first-order valence-electron chi connectivity index (χ1n) is 9.50. The topological polar surface area (TPSA) is 69.7 Å². The monoisotopic (exact) mass is 379 g/mol. The largest absolute Gasteiger partial charge is 0.322 e. The normalized spacial score (nSPS) is 13.1. The van der Waals surface area contributed by atoms with Crippen molar-refractivity contribution in [1.29, 1.82) is 0 Å². The summed E-state index contributed by atoms with van der Waals surface area (Å²) in [7, 11) is 0. The van der Waals surface area contributed by atoms with Crippen molar-refractivity contribution < 1.29 is 14.4 Å². The van der Waals surface area contributed by atoms with Gasteiger partial charge in [-0.3, -0.25) is 14.5 Å². The lowest BCUT2D eigenvalue weighted by atomic mass is 10.1. The molecule has 0 aromatic heterocycles. The Labute approximate surface area is 165 Å². The maximum atomic E-state index is 12.7. The molecule has 1 aliphatic heterocycles. The molecule has 0 aliphatic carbocycles. The summed E-state index contributed by atoms with van der Waals surface area (Å²) in [5.41, 5.74) is 2.27. The number of hydrogen-bond donors (Lipinski definition) is 1. The first-order chi connectivity index (χ1) is 13.4. The average Bonchev–Trinajstić information content (AvgIpc) is 2.91. The van der Waals surface area contributed by atoms with Crippen molar-refractivity contribution in [3.05, 3.63) is 65.2 Å². The van der Waals surface area contributed by atoms with Gasteiger partial charge in [-0.05, 0) is 36.6 Å². The van der Waals surface area contributed by atoms with Crippen LogP contribution in [0.4, 0.5) is 10.5 Å². The van der Waals surface area contributed by atoms with Gasteiger partial charge in [0.15, 0.2) is 0 Å². The van der Waals surface area contributed by atoms with E-state index in [1.807, 2.05) is 51.1 Å². The third-order valence-corrected chi connectivity index (χ3v) is 4.65. The molecule has 2 aromatic carbocycles. The van der Waals surface area contributed by atoms with E-state index in [9.17, 15) is 14.4 Å². The van der Waals surface area contributed by atoms with Gasteiger partial charge in [0.1, 0.15) is 0 Å². The van der Waals surface area contributed by atoms with Crippen LogP contribution in [0.1, 0.15) is 47.1 Å². The molecule has 3 rings (SSSR count). The summed E-state index contributed by atoms with van der Waals surface area (Å²) in [6.45, 7) is 7.26. The lowest BCUT2D eigenvalue weighted by molar-refractivity contribution is 0.0636. The Morgan fingerprint density at radius 3 is 2.36 bits per heavy atom. The second kappa shape index (κ2) is 8.25. The van der Waals surface area contributed by atoms with Gasteiger partial charge in [0.05, 0.1) is 11.1 Å². The molecule has 0 radical (unpaired) electrons. The van der Waals surface area contributed by atoms with Crippen LogP contribution in [-0.4, -0.2) is 40.7 Å². The van der Waals surface area contributed by atoms with Crippen LogP contribution in [0.3, 0.4) is 0 Å². The van der Waals surface area contributed by atoms with Crippen molar-refractivity contribution in [2.45, 2.75) is 27.3 Å². The first-order valence-corrected chi connectivity index (χ1v) is 9.50. The molecule has 2 aromatic rings. The molecule has 0 spiro atoms. The van der Waals surface area contributed by atoms with Crippen LogP contribution < -0.4 is 5.32 Å². The number of imide groups is 1. The zero-order valence-electron chi connectivity index (χ0n) is 16.4. The highest BCUT2D eigenvalue weighted by Crippen LogP contribution is 2.26. The number of nitrogens with zero attached hydrogens (tertiary/aromatic N) is 2. The van der Waals surface area contributed by atoms with Crippen LogP contribution in [-0.2, 0) is 6.54 Å². The van der Waals surface area contributed by atoms with E-state index in [4.69, 9.17) is 0 Å². The molecule has 28 heavy (non-hydrogen) atoms. The molecule has 0 saturated carbocycles. The molecule has 0 unspecified atom stereocenters. The van der Waals surface area contributed by atoms with E-state index < -0.39 is 0 Å². The smallest absolute Gasteiger partial charge is 0.320 e. The number of carbonyl (C=O) groups excluding carboxylic acids is 3. The summed E-state index contributed by atoms with van der Waals surface area (Å²) in [5.74, 6) is -0.384. The zero-order valence-corrected chi connectivity index (χ0v) is 16.4. The van der Waals surface area contributed by atoms with Crippen molar-refractivity contribution in [3.8, 4) is 0 Å². The first kappa shape index (κ1) is 19.6. The predicted molar refractivity (Wildman–Crippen MR) is 108 cm³/mol. The molecule has 1 N–H and O–H groups in total. The molecule has 6 nitrogen and oxygen atoms in total. The molecule has 0 atom stereocenters. The van der Waals surface area contributed by atoms with Crippen LogP contribution >= 0.6 is 0 Å². The Hall–Kier alpha value is -3.15. The van der Waals surface area contributed by atoms with E-state index in [1.54, 1.807) is 23.1 Å². The highest BCUT2D eigenvalue weighted by atomic mass is 16.2. The fraction of sp³-hybridized carbons (Fsp3) is 0.318. The number of anilines is 1. The average molecular weight is 379 g/mol. The Morgan fingerprint density at radius 2 is 1.71 bits per heavy atom. The number of nitrogens with one attached hydrogen (secondary N) is 1. The van der Waals surface area contributed by atoms with Crippen LogP contribution in [0.2, 0.25) is 0 Å². The van der Waals surface area contributed by atoms with Gasteiger partial charge >= 0.3 is 6.03 Å². The quantitative estimate of drug-likeness (QED) is 0.772. The molecule has 6 heteroatoms. The Balaban J connectivity index is 1.74. The molecule has 0 fully saturated rings. The van der Waals surface area contributed by atoms with Gasteiger partial charge in [-0.25, -0.2) is 4.79 Å². The van der Waals surface area contributed by atoms with Gasteiger partial charge in [-0.1, -0.05) is 44.2 Å². The summed E-state index contributed by atoms with van der Waals surface area (Å²) in [6, 6.07) is 14.4. The van der Waals surface area contributed by atoms with Crippen LogP contribution in [0.15, 0.2) is 48.5 Å². The van der Waals surface area contributed by atoms with E-state index in [0.29, 0.717) is 36.4 Å².